The molecule has 228 valence electrons. The summed E-state index contributed by atoms with van der Waals surface area (Å²) in [6.07, 6.45) is -6.51. The lowest BCUT2D eigenvalue weighted by molar-refractivity contribution is -0.143. The molecule has 0 aromatic heterocycles. The Morgan fingerprint density at radius 3 is 1.90 bits per heavy atom. The van der Waals surface area contributed by atoms with E-state index in [2.05, 4.69) is 10.6 Å². The van der Waals surface area contributed by atoms with Crippen LogP contribution in [-0.4, -0.2) is 54.9 Å². The predicted octanol–water partition coefficient (Wildman–Crippen LogP) is 5.44. The zero-order valence-electron chi connectivity index (χ0n) is 22.8. The van der Waals surface area contributed by atoms with Gasteiger partial charge in [0.05, 0.1) is 24.2 Å². The van der Waals surface area contributed by atoms with Gasteiger partial charge in [0, 0.05) is 36.3 Å². The molecular formula is C29H31F6N3O4. The highest BCUT2D eigenvalue weighted by atomic mass is 19.4. The van der Waals surface area contributed by atoms with Gasteiger partial charge in [-0.3, -0.25) is 14.4 Å². The SMILES string of the molecule is COc1ccc(C(=O)N[C@@H]2CCCC[C@H]2NC(=O)[C@H]2CCCN(C(=O)c3cc(C(F)(F)F)cc(C(F)(F)F)c3)C2)cc1. The second-order valence-electron chi connectivity index (χ2n) is 10.6. The summed E-state index contributed by atoms with van der Waals surface area (Å²) in [5, 5.41) is 5.93. The molecule has 1 aliphatic carbocycles. The maximum absolute atomic E-state index is 13.3. The van der Waals surface area contributed by atoms with Gasteiger partial charge in [0.2, 0.25) is 5.91 Å². The van der Waals surface area contributed by atoms with Crippen LogP contribution in [0.15, 0.2) is 42.5 Å². The third-order valence-corrected chi connectivity index (χ3v) is 7.68. The largest absolute Gasteiger partial charge is 0.497 e. The maximum atomic E-state index is 13.3. The van der Waals surface area contributed by atoms with Crippen LogP contribution in [-0.2, 0) is 17.1 Å². The Kier molecular flexibility index (Phi) is 9.37. The van der Waals surface area contributed by atoms with Gasteiger partial charge in [-0.1, -0.05) is 12.8 Å². The van der Waals surface area contributed by atoms with Crippen LogP contribution in [0.1, 0.15) is 70.4 Å². The molecule has 1 saturated carbocycles. The number of methoxy groups -OCH3 is 1. The van der Waals surface area contributed by atoms with Crippen molar-refractivity contribution in [3.05, 3.63) is 64.7 Å². The Morgan fingerprint density at radius 2 is 1.36 bits per heavy atom. The van der Waals surface area contributed by atoms with E-state index in [0.29, 0.717) is 49.1 Å². The number of likely N-dealkylation sites (tertiary alicyclic amines) is 1. The summed E-state index contributed by atoms with van der Waals surface area (Å²) in [7, 11) is 1.51. The zero-order chi connectivity index (χ0) is 30.7. The molecule has 1 aliphatic heterocycles. The molecule has 2 N–H and O–H groups in total. The number of piperidine rings is 1. The van der Waals surface area contributed by atoms with E-state index in [1.165, 1.54) is 7.11 Å². The molecule has 0 radical (unpaired) electrons. The molecule has 13 heteroatoms. The van der Waals surface area contributed by atoms with Crippen LogP contribution < -0.4 is 15.4 Å². The third kappa shape index (κ3) is 7.54. The Labute approximate surface area is 238 Å². The number of hydrogen-bond donors (Lipinski definition) is 2. The fraction of sp³-hybridized carbons (Fsp3) is 0.483. The van der Waals surface area contributed by atoms with Gasteiger partial charge in [0.25, 0.3) is 11.8 Å². The number of halogens is 6. The van der Waals surface area contributed by atoms with Gasteiger partial charge in [-0.25, -0.2) is 0 Å². The van der Waals surface area contributed by atoms with Gasteiger partial charge in [-0.15, -0.1) is 0 Å². The fourth-order valence-corrected chi connectivity index (χ4v) is 5.41. The second kappa shape index (κ2) is 12.6. The molecule has 2 aliphatic rings. The summed E-state index contributed by atoms with van der Waals surface area (Å²) < 4.78 is 84.9. The van der Waals surface area contributed by atoms with Crippen LogP contribution in [0.2, 0.25) is 0 Å². The standard InChI is InChI=1S/C29H31F6N3O4/c1-42-22-10-8-17(9-11-22)25(39)36-23-6-2-3-7-24(23)37-26(40)18-5-4-12-38(16-18)27(41)19-13-20(28(30,31)32)15-21(14-19)29(33,34)35/h8-11,13-15,18,23-24H,2-7,12,16H2,1H3,(H,36,39)(H,37,40)/t18-,23+,24+/m0/s1. The van der Waals surface area contributed by atoms with E-state index >= 15 is 0 Å². The lowest BCUT2D eigenvalue weighted by atomic mass is 9.88. The van der Waals surface area contributed by atoms with Crippen LogP contribution in [0.3, 0.4) is 0 Å². The van der Waals surface area contributed by atoms with Gasteiger partial charge in [0.1, 0.15) is 5.75 Å². The molecule has 1 heterocycles. The average molecular weight is 600 g/mol. The fourth-order valence-electron chi connectivity index (χ4n) is 5.41. The van der Waals surface area contributed by atoms with Crippen molar-refractivity contribution in [1.29, 1.82) is 0 Å². The molecule has 2 aromatic carbocycles. The average Bonchev–Trinajstić information content (AvgIpc) is 2.96. The number of nitrogens with zero attached hydrogens (tertiary/aromatic N) is 1. The van der Waals surface area contributed by atoms with E-state index in [4.69, 9.17) is 4.74 Å². The van der Waals surface area contributed by atoms with Gasteiger partial charge in [0.15, 0.2) is 0 Å². The monoisotopic (exact) mass is 599 g/mol. The lowest BCUT2D eigenvalue weighted by Gasteiger charge is -2.36. The van der Waals surface area contributed by atoms with E-state index < -0.39 is 40.9 Å². The third-order valence-electron chi connectivity index (χ3n) is 7.68. The van der Waals surface area contributed by atoms with Gasteiger partial charge in [-0.05, 0) is 68.1 Å². The van der Waals surface area contributed by atoms with Gasteiger partial charge in [-0.2, -0.15) is 26.3 Å². The van der Waals surface area contributed by atoms with Crippen molar-refractivity contribution in [2.75, 3.05) is 20.2 Å². The number of ether oxygens (including phenoxy) is 1. The Hall–Kier alpha value is -3.77. The number of alkyl halides is 6. The zero-order valence-corrected chi connectivity index (χ0v) is 22.8. The minimum atomic E-state index is -5.08. The highest BCUT2D eigenvalue weighted by Crippen LogP contribution is 2.37. The summed E-state index contributed by atoms with van der Waals surface area (Å²) in [6, 6.07) is 6.63. The Balaban J connectivity index is 1.43. The van der Waals surface area contributed by atoms with Crippen molar-refractivity contribution in [2.45, 2.75) is 63.0 Å². The number of amides is 3. The molecule has 42 heavy (non-hydrogen) atoms. The molecule has 0 spiro atoms. The number of benzene rings is 2. The normalized spacial score (nSPS) is 21.4. The van der Waals surface area contributed by atoms with E-state index in [9.17, 15) is 40.7 Å². The summed E-state index contributed by atoms with van der Waals surface area (Å²) >= 11 is 0. The molecule has 2 fully saturated rings. The van der Waals surface area contributed by atoms with E-state index in [0.717, 1.165) is 17.7 Å². The quantitative estimate of drug-likeness (QED) is 0.433. The molecular weight excluding hydrogens is 568 g/mol. The molecule has 3 amide bonds. The second-order valence-corrected chi connectivity index (χ2v) is 10.6. The van der Waals surface area contributed by atoms with Crippen molar-refractivity contribution in [1.82, 2.24) is 15.5 Å². The van der Waals surface area contributed by atoms with Crippen LogP contribution in [0.5, 0.6) is 5.75 Å². The van der Waals surface area contributed by atoms with Gasteiger partial charge >= 0.3 is 12.4 Å². The first-order chi connectivity index (χ1) is 19.8. The molecule has 1 saturated heterocycles. The maximum Gasteiger partial charge on any atom is 0.416 e. The Morgan fingerprint density at radius 1 is 0.786 bits per heavy atom. The van der Waals surface area contributed by atoms with Crippen molar-refractivity contribution < 1.29 is 45.5 Å². The minimum Gasteiger partial charge on any atom is -0.497 e. The van der Waals surface area contributed by atoms with Gasteiger partial charge < -0.3 is 20.3 Å². The number of rotatable bonds is 6. The highest BCUT2D eigenvalue weighted by molar-refractivity contribution is 5.95. The first-order valence-electron chi connectivity index (χ1n) is 13.6. The Bertz CT molecular complexity index is 1260. The van der Waals surface area contributed by atoms with Crippen LogP contribution in [0, 0.1) is 5.92 Å². The summed E-state index contributed by atoms with van der Waals surface area (Å²) in [4.78, 5) is 40.2. The van der Waals surface area contributed by atoms with E-state index in [1.807, 2.05) is 0 Å². The van der Waals surface area contributed by atoms with Crippen LogP contribution in [0.25, 0.3) is 0 Å². The molecule has 2 aromatic rings. The molecule has 7 nitrogen and oxygen atoms in total. The van der Waals surface area contributed by atoms with Crippen LogP contribution in [0.4, 0.5) is 26.3 Å². The van der Waals surface area contributed by atoms with Crippen molar-refractivity contribution in [3.8, 4) is 5.75 Å². The first kappa shape index (κ1) is 31.2. The lowest BCUT2D eigenvalue weighted by Crippen LogP contribution is -2.55. The smallest absolute Gasteiger partial charge is 0.416 e. The molecule has 3 atom stereocenters. The summed E-state index contributed by atoms with van der Waals surface area (Å²) in [5.41, 5.74) is -3.47. The number of carbonyl (C=O) groups excluding carboxylic acids is 3. The summed E-state index contributed by atoms with van der Waals surface area (Å²) in [6.45, 7) is -0.0674. The number of hydrogen-bond acceptors (Lipinski definition) is 4. The van der Waals surface area contributed by atoms with E-state index in [-0.39, 0.29) is 43.1 Å². The molecule has 4 rings (SSSR count). The number of carbonyl (C=O) groups is 3. The van der Waals surface area contributed by atoms with Crippen molar-refractivity contribution >= 4 is 17.7 Å². The van der Waals surface area contributed by atoms with Crippen molar-refractivity contribution in [3.63, 3.8) is 0 Å². The van der Waals surface area contributed by atoms with Crippen molar-refractivity contribution in [2.24, 2.45) is 5.92 Å². The van der Waals surface area contributed by atoms with Crippen LogP contribution >= 0.6 is 0 Å². The first-order valence-corrected chi connectivity index (χ1v) is 13.6. The summed E-state index contributed by atoms with van der Waals surface area (Å²) in [5.74, 6) is -1.81. The molecule has 0 bridgehead atoms. The number of nitrogens with one attached hydrogen (secondary N) is 2. The highest BCUT2D eigenvalue weighted by Gasteiger charge is 2.39. The minimum absolute atomic E-state index is 0.0305. The van der Waals surface area contributed by atoms with E-state index in [1.54, 1.807) is 24.3 Å². The molecule has 0 unspecified atom stereocenters. The topological polar surface area (TPSA) is 87.7 Å². The predicted molar refractivity (Wildman–Crippen MR) is 140 cm³/mol.